The number of hydrogen-bond donors (Lipinski definition) is 1. The van der Waals surface area contributed by atoms with Gasteiger partial charge < -0.3 is 10.2 Å². The molecule has 0 aliphatic carbocycles. The van der Waals surface area contributed by atoms with E-state index in [2.05, 4.69) is 43.1 Å². The highest BCUT2D eigenvalue weighted by atomic mass is 35.5. The highest BCUT2D eigenvalue weighted by Gasteiger charge is 2.31. The van der Waals surface area contributed by atoms with Crippen LogP contribution < -0.4 is 5.32 Å². The molecule has 1 aliphatic heterocycles. The molecule has 24 heavy (non-hydrogen) atoms. The predicted octanol–water partition coefficient (Wildman–Crippen LogP) is 4.09. The summed E-state index contributed by atoms with van der Waals surface area (Å²) < 4.78 is 0. The van der Waals surface area contributed by atoms with E-state index in [0.29, 0.717) is 11.8 Å². The molecule has 2 atom stereocenters. The van der Waals surface area contributed by atoms with Gasteiger partial charge in [0.05, 0.1) is 5.92 Å². The molecule has 136 valence electrons. The molecule has 0 spiro atoms. The number of carbonyl (C=O) groups excluding carboxylic acids is 1. The lowest BCUT2D eigenvalue weighted by Gasteiger charge is -2.36. The van der Waals surface area contributed by atoms with Crippen LogP contribution in [0, 0.1) is 11.8 Å². The van der Waals surface area contributed by atoms with E-state index in [4.69, 9.17) is 0 Å². The average molecular weight is 353 g/mol. The summed E-state index contributed by atoms with van der Waals surface area (Å²) in [6.07, 6.45) is 3.28. The van der Waals surface area contributed by atoms with Gasteiger partial charge in [-0.15, -0.1) is 12.4 Å². The van der Waals surface area contributed by atoms with E-state index in [0.717, 1.165) is 51.4 Å². The molecule has 1 heterocycles. The fraction of sp³-hybridized carbons (Fsp3) is 0.650. The van der Waals surface area contributed by atoms with Gasteiger partial charge in [0.1, 0.15) is 0 Å². The highest BCUT2D eigenvalue weighted by Crippen LogP contribution is 2.30. The van der Waals surface area contributed by atoms with Crippen LogP contribution in [0.1, 0.15) is 51.5 Å². The Morgan fingerprint density at radius 3 is 2.38 bits per heavy atom. The summed E-state index contributed by atoms with van der Waals surface area (Å²) in [5, 5.41) is 3.43. The van der Waals surface area contributed by atoms with Gasteiger partial charge >= 0.3 is 0 Å². The van der Waals surface area contributed by atoms with Gasteiger partial charge in [0.15, 0.2) is 0 Å². The summed E-state index contributed by atoms with van der Waals surface area (Å²) in [6.45, 7) is 10.5. The minimum Gasteiger partial charge on any atom is -0.342 e. The van der Waals surface area contributed by atoms with Crippen LogP contribution in [0.3, 0.4) is 0 Å². The second-order valence-electron chi connectivity index (χ2n) is 6.85. The number of carbonyl (C=O) groups is 1. The fourth-order valence-corrected chi connectivity index (χ4v) is 3.51. The van der Waals surface area contributed by atoms with Gasteiger partial charge in [0.2, 0.25) is 5.91 Å². The normalized spacial score (nSPS) is 17.9. The molecule has 4 heteroatoms. The Morgan fingerprint density at radius 1 is 1.21 bits per heavy atom. The first-order valence-corrected chi connectivity index (χ1v) is 9.21. The average Bonchev–Trinajstić information content (AvgIpc) is 2.61. The van der Waals surface area contributed by atoms with Gasteiger partial charge in [-0.1, -0.05) is 57.5 Å². The SMILES string of the molecule is CCNCC1CCN(C(=O)C(c2ccccc2)C(C)CC)CC1.Cl. The first kappa shape index (κ1) is 21.0. The summed E-state index contributed by atoms with van der Waals surface area (Å²) in [4.78, 5) is 15.2. The van der Waals surface area contributed by atoms with E-state index < -0.39 is 0 Å². The number of nitrogens with one attached hydrogen (secondary N) is 1. The molecule has 1 aliphatic rings. The summed E-state index contributed by atoms with van der Waals surface area (Å²) in [7, 11) is 0. The number of rotatable bonds is 7. The molecule has 0 bridgehead atoms. The van der Waals surface area contributed by atoms with Crippen LogP contribution in [0.5, 0.6) is 0 Å². The van der Waals surface area contributed by atoms with Crippen molar-refractivity contribution in [3.8, 4) is 0 Å². The first-order valence-electron chi connectivity index (χ1n) is 9.21. The Balaban J connectivity index is 0.00000288. The molecule has 1 N–H and O–H groups in total. The van der Waals surface area contributed by atoms with Crippen molar-refractivity contribution in [1.29, 1.82) is 0 Å². The van der Waals surface area contributed by atoms with Crippen molar-refractivity contribution in [2.45, 2.75) is 46.0 Å². The van der Waals surface area contributed by atoms with Crippen LogP contribution in [-0.4, -0.2) is 37.0 Å². The molecule has 1 amide bonds. The monoisotopic (exact) mass is 352 g/mol. The second kappa shape index (κ2) is 10.7. The second-order valence-corrected chi connectivity index (χ2v) is 6.85. The van der Waals surface area contributed by atoms with Gasteiger partial charge in [-0.3, -0.25) is 4.79 Å². The summed E-state index contributed by atoms with van der Waals surface area (Å²) in [6, 6.07) is 10.3. The lowest BCUT2D eigenvalue weighted by Crippen LogP contribution is -2.44. The van der Waals surface area contributed by atoms with Gasteiger partial charge in [0, 0.05) is 13.1 Å². The minimum atomic E-state index is 0. The van der Waals surface area contributed by atoms with Crippen molar-refractivity contribution >= 4 is 18.3 Å². The van der Waals surface area contributed by atoms with Crippen molar-refractivity contribution < 1.29 is 4.79 Å². The molecule has 1 saturated heterocycles. The maximum atomic E-state index is 13.1. The van der Waals surface area contributed by atoms with Crippen molar-refractivity contribution in [1.82, 2.24) is 10.2 Å². The number of nitrogens with zero attached hydrogens (tertiary/aromatic N) is 1. The molecule has 0 radical (unpaired) electrons. The van der Waals surface area contributed by atoms with Crippen LogP contribution in [0.15, 0.2) is 30.3 Å². The zero-order chi connectivity index (χ0) is 16.7. The molecule has 0 saturated carbocycles. The van der Waals surface area contributed by atoms with E-state index in [1.807, 2.05) is 18.2 Å². The Morgan fingerprint density at radius 2 is 1.83 bits per heavy atom. The van der Waals surface area contributed by atoms with E-state index in [1.165, 1.54) is 5.56 Å². The summed E-state index contributed by atoms with van der Waals surface area (Å²) in [5.41, 5.74) is 1.17. The Hall–Kier alpha value is -1.06. The third-order valence-electron chi connectivity index (χ3n) is 5.25. The smallest absolute Gasteiger partial charge is 0.230 e. The zero-order valence-corrected chi connectivity index (χ0v) is 16.1. The molecule has 3 nitrogen and oxygen atoms in total. The number of halogens is 1. The van der Waals surface area contributed by atoms with E-state index >= 15 is 0 Å². The molecule has 2 unspecified atom stereocenters. The van der Waals surface area contributed by atoms with Crippen LogP contribution in [0.4, 0.5) is 0 Å². The van der Waals surface area contributed by atoms with Crippen LogP contribution in [0.25, 0.3) is 0 Å². The summed E-state index contributed by atoms with van der Waals surface area (Å²) in [5.74, 6) is 1.43. The Kier molecular flexibility index (Phi) is 9.38. The third-order valence-corrected chi connectivity index (χ3v) is 5.25. The molecular formula is C20H33ClN2O. The number of likely N-dealkylation sites (tertiary alicyclic amines) is 1. The highest BCUT2D eigenvalue weighted by molar-refractivity contribution is 5.85. The predicted molar refractivity (Wildman–Crippen MR) is 104 cm³/mol. The minimum absolute atomic E-state index is 0. The number of benzene rings is 1. The lowest BCUT2D eigenvalue weighted by atomic mass is 9.83. The molecular weight excluding hydrogens is 320 g/mol. The molecule has 1 fully saturated rings. The zero-order valence-electron chi connectivity index (χ0n) is 15.3. The van der Waals surface area contributed by atoms with E-state index in [9.17, 15) is 4.79 Å². The number of amides is 1. The maximum absolute atomic E-state index is 13.1. The molecule has 2 rings (SSSR count). The van der Waals surface area contributed by atoms with Crippen molar-refractivity contribution in [3.05, 3.63) is 35.9 Å². The van der Waals surface area contributed by atoms with Gasteiger partial charge in [-0.05, 0) is 43.3 Å². The topological polar surface area (TPSA) is 32.3 Å². The number of piperidine rings is 1. The van der Waals surface area contributed by atoms with Crippen LogP contribution in [0.2, 0.25) is 0 Å². The van der Waals surface area contributed by atoms with E-state index in [-0.39, 0.29) is 18.3 Å². The van der Waals surface area contributed by atoms with Gasteiger partial charge in [-0.25, -0.2) is 0 Å². The fourth-order valence-electron chi connectivity index (χ4n) is 3.51. The van der Waals surface area contributed by atoms with E-state index in [1.54, 1.807) is 0 Å². The van der Waals surface area contributed by atoms with Crippen LogP contribution >= 0.6 is 12.4 Å². The maximum Gasteiger partial charge on any atom is 0.230 e. The van der Waals surface area contributed by atoms with Gasteiger partial charge in [-0.2, -0.15) is 0 Å². The van der Waals surface area contributed by atoms with Crippen LogP contribution in [-0.2, 0) is 4.79 Å². The Bertz CT molecular complexity index is 472. The molecule has 1 aromatic carbocycles. The molecule has 0 aromatic heterocycles. The lowest BCUT2D eigenvalue weighted by molar-refractivity contribution is -0.135. The third kappa shape index (κ3) is 5.49. The largest absolute Gasteiger partial charge is 0.342 e. The standard InChI is InChI=1S/C20H32N2O.ClH/c1-4-16(3)19(18-9-7-6-8-10-18)20(23)22-13-11-17(12-14-22)15-21-5-2;/h6-10,16-17,19,21H,4-5,11-15H2,1-3H3;1H. The molecule has 1 aromatic rings. The quantitative estimate of drug-likeness (QED) is 0.801. The summed E-state index contributed by atoms with van der Waals surface area (Å²) >= 11 is 0. The van der Waals surface area contributed by atoms with Crippen molar-refractivity contribution in [2.75, 3.05) is 26.2 Å². The number of hydrogen-bond acceptors (Lipinski definition) is 2. The van der Waals surface area contributed by atoms with Crippen molar-refractivity contribution in [2.24, 2.45) is 11.8 Å². The first-order chi connectivity index (χ1) is 11.2. The Labute approximate surface area is 153 Å². The van der Waals surface area contributed by atoms with Crippen molar-refractivity contribution in [3.63, 3.8) is 0 Å². The van der Waals surface area contributed by atoms with Gasteiger partial charge in [0.25, 0.3) is 0 Å².